The summed E-state index contributed by atoms with van der Waals surface area (Å²) < 4.78 is 4.92. The number of pyridine rings is 1. The number of likely N-dealkylation sites (tertiary alicyclic amines) is 1. The maximum absolute atomic E-state index is 12.2. The van der Waals surface area contributed by atoms with Crippen LogP contribution in [-0.2, 0) is 9.59 Å². The van der Waals surface area contributed by atoms with Gasteiger partial charge in [0.2, 0.25) is 5.88 Å². The Labute approximate surface area is 153 Å². The summed E-state index contributed by atoms with van der Waals surface area (Å²) in [6, 6.07) is 1.33. The first-order chi connectivity index (χ1) is 12.3. The minimum atomic E-state index is -0.763. The molecule has 1 saturated heterocycles. The van der Waals surface area contributed by atoms with Crippen LogP contribution < -0.4 is 15.8 Å². The van der Waals surface area contributed by atoms with E-state index in [9.17, 15) is 14.4 Å². The van der Waals surface area contributed by atoms with Crippen LogP contribution in [0.3, 0.4) is 0 Å². The molecule has 1 aromatic rings. The van der Waals surface area contributed by atoms with E-state index in [0.29, 0.717) is 19.0 Å². The quantitative estimate of drug-likeness (QED) is 0.626. The third-order valence-corrected chi connectivity index (χ3v) is 3.71. The highest BCUT2D eigenvalue weighted by Crippen LogP contribution is 2.19. The second-order valence-corrected chi connectivity index (χ2v) is 6.01. The molecule has 1 aromatic heterocycles. The molecule has 142 valence electrons. The Hall–Kier alpha value is -2.90. The zero-order chi connectivity index (χ0) is 19.7. The van der Waals surface area contributed by atoms with E-state index in [2.05, 4.69) is 16.9 Å². The SMILES string of the molecule is C=CC.COc1ncc(NC(=O)C(=O)N2CCCC(C)C2)cc1C(N)=O. The van der Waals surface area contributed by atoms with Crippen molar-refractivity contribution in [3.8, 4) is 5.88 Å². The number of amides is 3. The van der Waals surface area contributed by atoms with Crippen molar-refractivity contribution in [1.82, 2.24) is 9.88 Å². The molecular formula is C18H26N4O4. The van der Waals surface area contributed by atoms with E-state index in [1.165, 1.54) is 24.3 Å². The predicted molar refractivity (Wildman–Crippen MR) is 98.8 cm³/mol. The molecule has 0 bridgehead atoms. The molecule has 2 heterocycles. The van der Waals surface area contributed by atoms with Gasteiger partial charge in [-0.25, -0.2) is 4.98 Å². The van der Waals surface area contributed by atoms with Crippen LogP contribution in [0.15, 0.2) is 24.9 Å². The van der Waals surface area contributed by atoms with Crippen molar-refractivity contribution >= 4 is 23.4 Å². The largest absolute Gasteiger partial charge is 0.480 e. The summed E-state index contributed by atoms with van der Waals surface area (Å²) in [7, 11) is 1.36. The van der Waals surface area contributed by atoms with Crippen molar-refractivity contribution in [2.45, 2.75) is 26.7 Å². The van der Waals surface area contributed by atoms with Crippen LogP contribution >= 0.6 is 0 Å². The number of carbonyl (C=O) groups is 3. The molecular weight excluding hydrogens is 336 g/mol. The number of anilines is 1. The lowest BCUT2D eigenvalue weighted by Gasteiger charge is -2.30. The molecule has 0 aliphatic carbocycles. The Morgan fingerprint density at radius 3 is 2.65 bits per heavy atom. The molecule has 3 N–H and O–H groups in total. The van der Waals surface area contributed by atoms with Crippen molar-refractivity contribution < 1.29 is 19.1 Å². The van der Waals surface area contributed by atoms with Crippen molar-refractivity contribution in [2.75, 3.05) is 25.5 Å². The monoisotopic (exact) mass is 362 g/mol. The number of carbonyl (C=O) groups excluding carboxylic acids is 3. The minimum Gasteiger partial charge on any atom is -0.480 e. The number of nitrogens with one attached hydrogen (secondary N) is 1. The normalized spacial score (nSPS) is 16.0. The maximum Gasteiger partial charge on any atom is 0.313 e. The molecule has 1 atom stereocenters. The first kappa shape index (κ1) is 21.1. The van der Waals surface area contributed by atoms with Crippen molar-refractivity contribution in [2.24, 2.45) is 11.7 Å². The summed E-state index contributed by atoms with van der Waals surface area (Å²) >= 11 is 0. The van der Waals surface area contributed by atoms with Crippen LogP contribution in [0.5, 0.6) is 5.88 Å². The van der Waals surface area contributed by atoms with Gasteiger partial charge < -0.3 is 20.7 Å². The average molecular weight is 362 g/mol. The summed E-state index contributed by atoms with van der Waals surface area (Å²) in [5.74, 6) is -1.65. The average Bonchev–Trinajstić information content (AvgIpc) is 2.61. The number of methoxy groups -OCH3 is 1. The van der Waals surface area contributed by atoms with Crippen LogP contribution in [0, 0.1) is 5.92 Å². The number of ether oxygens (including phenoxy) is 1. The Kier molecular flexibility index (Phi) is 8.27. The molecule has 1 fully saturated rings. The van der Waals surface area contributed by atoms with Gasteiger partial charge in [0.1, 0.15) is 5.56 Å². The lowest BCUT2D eigenvalue weighted by atomic mass is 10.0. The molecule has 1 aliphatic rings. The van der Waals surface area contributed by atoms with Crippen LogP contribution in [-0.4, -0.2) is 47.8 Å². The molecule has 0 aromatic carbocycles. The van der Waals surface area contributed by atoms with E-state index in [-0.39, 0.29) is 17.1 Å². The third kappa shape index (κ3) is 5.87. The minimum absolute atomic E-state index is 0.0318. The predicted octanol–water partition coefficient (Wildman–Crippen LogP) is 1.58. The van der Waals surface area contributed by atoms with Gasteiger partial charge >= 0.3 is 11.8 Å². The number of primary amides is 1. The number of nitrogens with two attached hydrogens (primary N) is 1. The number of nitrogens with zero attached hydrogens (tertiary/aromatic N) is 2. The number of hydrogen-bond donors (Lipinski definition) is 2. The fourth-order valence-corrected chi connectivity index (χ4v) is 2.56. The number of allylic oxidation sites excluding steroid dienone is 1. The van der Waals surface area contributed by atoms with Gasteiger partial charge in [-0.15, -0.1) is 6.58 Å². The highest BCUT2D eigenvalue weighted by Gasteiger charge is 2.26. The molecule has 3 amide bonds. The summed E-state index contributed by atoms with van der Waals surface area (Å²) in [6.07, 6.45) is 4.99. The lowest BCUT2D eigenvalue weighted by molar-refractivity contribution is -0.144. The second-order valence-electron chi connectivity index (χ2n) is 6.01. The van der Waals surface area contributed by atoms with Gasteiger partial charge in [-0.05, 0) is 31.7 Å². The van der Waals surface area contributed by atoms with Gasteiger partial charge in [0.15, 0.2) is 0 Å². The Morgan fingerprint density at radius 2 is 2.12 bits per heavy atom. The zero-order valence-corrected chi connectivity index (χ0v) is 15.4. The van der Waals surface area contributed by atoms with Gasteiger partial charge in [-0.2, -0.15) is 0 Å². The van der Waals surface area contributed by atoms with E-state index in [1.54, 1.807) is 6.08 Å². The van der Waals surface area contributed by atoms with Crippen molar-refractivity contribution in [3.05, 3.63) is 30.5 Å². The Balaban J connectivity index is 0.00000105. The van der Waals surface area contributed by atoms with Crippen LogP contribution in [0.4, 0.5) is 5.69 Å². The summed E-state index contributed by atoms with van der Waals surface area (Å²) in [4.78, 5) is 41.0. The fraction of sp³-hybridized carbons (Fsp3) is 0.444. The van der Waals surface area contributed by atoms with Gasteiger partial charge in [-0.1, -0.05) is 13.0 Å². The molecule has 8 nitrogen and oxygen atoms in total. The number of aromatic nitrogens is 1. The molecule has 1 aliphatic heterocycles. The third-order valence-electron chi connectivity index (χ3n) is 3.71. The second kappa shape index (κ2) is 10.2. The Morgan fingerprint density at radius 1 is 1.46 bits per heavy atom. The van der Waals surface area contributed by atoms with Gasteiger partial charge in [0, 0.05) is 13.1 Å². The smallest absolute Gasteiger partial charge is 0.313 e. The highest BCUT2D eigenvalue weighted by atomic mass is 16.5. The van der Waals surface area contributed by atoms with Crippen molar-refractivity contribution in [1.29, 1.82) is 0 Å². The standard InChI is InChI=1S/C15H20N4O4.C3H6/c1-9-4-3-5-19(8-9)15(22)13(21)18-10-6-11(12(16)20)14(23-2)17-7-10;1-3-2/h6-7,9H,3-5,8H2,1-2H3,(H2,16,20)(H,18,21);3H,1H2,2H3. The van der Waals surface area contributed by atoms with Crippen LogP contribution in [0.25, 0.3) is 0 Å². The number of piperidine rings is 1. The molecule has 26 heavy (non-hydrogen) atoms. The maximum atomic E-state index is 12.2. The van der Waals surface area contributed by atoms with Gasteiger partial charge in [0.05, 0.1) is 19.0 Å². The summed E-state index contributed by atoms with van der Waals surface area (Å²) in [5.41, 5.74) is 5.48. The molecule has 0 radical (unpaired) electrons. The van der Waals surface area contributed by atoms with Crippen LogP contribution in [0.2, 0.25) is 0 Å². The van der Waals surface area contributed by atoms with Crippen LogP contribution in [0.1, 0.15) is 37.0 Å². The molecule has 1 unspecified atom stereocenters. The fourth-order valence-electron chi connectivity index (χ4n) is 2.56. The molecule has 2 rings (SSSR count). The van der Waals surface area contributed by atoms with E-state index in [4.69, 9.17) is 10.5 Å². The zero-order valence-electron chi connectivity index (χ0n) is 15.4. The summed E-state index contributed by atoms with van der Waals surface area (Å²) in [5, 5.41) is 2.44. The molecule has 0 saturated carbocycles. The summed E-state index contributed by atoms with van der Waals surface area (Å²) in [6.45, 7) is 8.44. The van der Waals surface area contributed by atoms with E-state index < -0.39 is 17.7 Å². The van der Waals surface area contributed by atoms with E-state index in [1.807, 2.05) is 13.8 Å². The van der Waals surface area contributed by atoms with E-state index >= 15 is 0 Å². The van der Waals surface area contributed by atoms with E-state index in [0.717, 1.165) is 12.8 Å². The number of hydrogen-bond acceptors (Lipinski definition) is 5. The van der Waals surface area contributed by atoms with Crippen molar-refractivity contribution in [3.63, 3.8) is 0 Å². The highest BCUT2D eigenvalue weighted by molar-refractivity contribution is 6.39. The lowest BCUT2D eigenvalue weighted by Crippen LogP contribution is -2.44. The van der Waals surface area contributed by atoms with Gasteiger partial charge in [0.25, 0.3) is 5.91 Å². The topological polar surface area (TPSA) is 115 Å². The Bertz CT molecular complexity index is 675. The molecule has 8 heteroatoms. The van der Waals surface area contributed by atoms with Gasteiger partial charge in [-0.3, -0.25) is 14.4 Å². The first-order valence-corrected chi connectivity index (χ1v) is 8.35. The molecule has 0 spiro atoms. The number of rotatable bonds is 3. The first-order valence-electron chi connectivity index (χ1n) is 8.35.